The first-order valence-electron chi connectivity index (χ1n) is 5.94. The summed E-state index contributed by atoms with van der Waals surface area (Å²) in [5, 5.41) is 2.69. The van der Waals surface area contributed by atoms with E-state index in [0.29, 0.717) is 6.54 Å². The van der Waals surface area contributed by atoms with Crippen LogP contribution in [0.25, 0.3) is 0 Å². The standard InChI is InChI=1S/C12H16FNO4S/c1-2-3-4-8-14-12(15)10-6-5-7-11(9-10)18-19(13,16)17/h5-7,9H,2-4,8H2,1H3,(H,14,15). The molecule has 19 heavy (non-hydrogen) atoms. The van der Waals surface area contributed by atoms with Gasteiger partial charge in [0, 0.05) is 12.1 Å². The molecule has 1 aromatic carbocycles. The number of nitrogens with one attached hydrogen (secondary N) is 1. The zero-order chi connectivity index (χ0) is 14.3. The Morgan fingerprint density at radius 1 is 1.37 bits per heavy atom. The number of rotatable bonds is 7. The summed E-state index contributed by atoms with van der Waals surface area (Å²) < 4.78 is 37.1. The molecule has 0 saturated heterocycles. The summed E-state index contributed by atoms with van der Waals surface area (Å²) in [5.74, 6) is -0.582. The van der Waals surface area contributed by atoms with Crippen LogP contribution in [-0.4, -0.2) is 20.9 Å². The topological polar surface area (TPSA) is 72.5 Å². The first-order valence-corrected chi connectivity index (χ1v) is 7.25. The maximum absolute atomic E-state index is 12.3. The molecule has 106 valence electrons. The van der Waals surface area contributed by atoms with E-state index in [1.165, 1.54) is 24.3 Å². The predicted octanol–water partition coefficient (Wildman–Crippen LogP) is 2.20. The summed E-state index contributed by atoms with van der Waals surface area (Å²) in [6, 6.07) is 5.34. The molecular weight excluding hydrogens is 273 g/mol. The van der Waals surface area contributed by atoms with Gasteiger partial charge in [0.2, 0.25) is 0 Å². The second kappa shape index (κ2) is 7.08. The van der Waals surface area contributed by atoms with Crippen molar-refractivity contribution in [1.29, 1.82) is 0 Å². The number of hydrogen-bond donors (Lipinski definition) is 1. The molecule has 0 spiro atoms. The van der Waals surface area contributed by atoms with Gasteiger partial charge in [-0.3, -0.25) is 4.79 Å². The lowest BCUT2D eigenvalue weighted by Gasteiger charge is -2.06. The molecule has 1 amide bonds. The molecule has 1 N–H and O–H groups in total. The molecule has 1 aromatic rings. The van der Waals surface area contributed by atoms with Crippen molar-refractivity contribution in [2.24, 2.45) is 0 Å². The van der Waals surface area contributed by atoms with Crippen molar-refractivity contribution in [3.63, 3.8) is 0 Å². The molecule has 0 fully saturated rings. The predicted molar refractivity (Wildman–Crippen MR) is 69.0 cm³/mol. The minimum absolute atomic E-state index is 0.220. The maximum Gasteiger partial charge on any atom is 0.488 e. The number of halogens is 1. The highest BCUT2D eigenvalue weighted by Crippen LogP contribution is 2.16. The van der Waals surface area contributed by atoms with Crippen LogP contribution in [0.1, 0.15) is 36.5 Å². The van der Waals surface area contributed by atoms with Crippen molar-refractivity contribution >= 4 is 16.4 Å². The van der Waals surface area contributed by atoms with Crippen molar-refractivity contribution < 1.29 is 21.3 Å². The number of carbonyl (C=O) groups excluding carboxylic acids is 1. The Morgan fingerprint density at radius 2 is 2.11 bits per heavy atom. The van der Waals surface area contributed by atoms with Gasteiger partial charge in [-0.2, -0.15) is 8.42 Å². The van der Waals surface area contributed by atoms with E-state index >= 15 is 0 Å². The van der Waals surface area contributed by atoms with Crippen LogP contribution in [-0.2, 0) is 10.5 Å². The Balaban J connectivity index is 2.63. The zero-order valence-corrected chi connectivity index (χ0v) is 11.4. The second-order valence-electron chi connectivity index (χ2n) is 3.97. The van der Waals surface area contributed by atoms with E-state index in [1.807, 2.05) is 0 Å². The third-order valence-electron chi connectivity index (χ3n) is 2.36. The first kappa shape index (κ1) is 15.4. The molecule has 0 aliphatic heterocycles. The van der Waals surface area contributed by atoms with Gasteiger partial charge in [-0.25, -0.2) is 0 Å². The second-order valence-corrected chi connectivity index (χ2v) is 4.92. The van der Waals surface area contributed by atoms with E-state index in [9.17, 15) is 17.1 Å². The molecule has 0 heterocycles. The van der Waals surface area contributed by atoms with E-state index in [2.05, 4.69) is 16.4 Å². The zero-order valence-electron chi connectivity index (χ0n) is 10.6. The molecule has 5 nitrogen and oxygen atoms in total. The number of hydrogen-bond acceptors (Lipinski definition) is 4. The SMILES string of the molecule is CCCCCNC(=O)c1cccc(OS(=O)(=O)F)c1. The molecule has 0 saturated carbocycles. The Hall–Kier alpha value is -1.63. The van der Waals surface area contributed by atoms with Crippen molar-refractivity contribution in [3.8, 4) is 5.75 Å². The first-order chi connectivity index (χ1) is 8.92. The summed E-state index contributed by atoms with van der Waals surface area (Å²) >= 11 is 0. The Bertz CT molecular complexity index is 530. The van der Waals surface area contributed by atoms with Gasteiger partial charge in [-0.05, 0) is 24.6 Å². The lowest BCUT2D eigenvalue weighted by Crippen LogP contribution is -2.24. The van der Waals surface area contributed by atoms with Crippen molar-refractivity contribution in [3.05, 3.63) is 29.8 Å². The molecule has 0 unspecified atom stereocenters. The summed E-state index contributed by atoms with van der Waals surface area (Å²) in [4.78, 5) is 11.7. The van der Waals surface area contributed by atoms with Crippen LogP contribution >= 0.6 is 0 Å². The van der Waals surface area contributed by atoms with Crippen LogP contribution in [0.2, 0.25) is 0 Å². The summed E-state index contributed by atoms with van der Waals surface area (Å²) in [7, 11) is -5.08. The van der Waals surface area contributed by atoms with E-state index < -0.39 is 10.5 Å². The quantitative estimate of drug-likeness (QED) is 0.617. The van der Waals surface area contributed by atoms with E-state index in [4.69, 9.17) is 0 Å². The summed E-state index contributed by atoms with van der Waals surface area (Å²) in [5.41, 5.74) is 0.220. The Labute approximate surface area is 112 Å². The third kappa shape index (κ3) is 6.19. The minimum atomic E-state index is -5.08. The van der Waals surface area contributed by atoms with Crippen molar-refractivity contribution in [2.45, 2.75) is 26.2 Å². The maximum atomic E-state index is 12.3. The van der Waals surface area contributed by atoms with Gasteiger partial charge < -0.3 is 9.50 Å². The molecule has 1 rings (SSSR count). The van der Waals surface area contributed by atoms with Gasteiger partial charge in [0.15, 0.2) is 0 Å². The largest absolute Gasteiger partial charge is 0.488 e. The lowest BCUT2D eigenvalue weighted by molar-refractivity contribution is 0.0952. The molecule has 0 radical (unpaired) electrons. The number of unbranched alkanes of at least 4 members (excludes halogenated alkanes) is 2. The van der Waals surface area contributed by atoms with Crippen LogP contribution < -0.4 is 9.50 Å². The minimum Gasteiger partial charge on any atom is -0.358 e. The highest BCUT2D eigenvalue weighted by Gasteiger charge is 2.12. The normalized spacial score (nSPS) is 11.1. The fourth-order valence-corrected chi connectivity index (χ4v) is 1.82. The van der Waals surface area contributed by atoms with Gasteiger partial charge in [0.1, 0.15) is 5.75 Å². The van der Waals surface area contributed by atoms with Crippen LogP contribution in [0.5, 0.6) is 5.75 Å². The molecule has 0 bridgehead atoms. The van der Waals surface area contributed by atoms with Gasteiger partial charge in [-0.1, -0.05) is 29.7 Å². The highest BCUT2D eigenvalue weighted by atomic mass is 32.3. The highest BCUT2D eigenvalue weighted by molar-refractivity contribution is 7.81. The van der Waals surface area contributed by atoms with E-state index in [1.54, 1.807) is 0 Å². The third-order valence-corrected chi connectivity index (χ3v) is 2.75. The van der Waals surface area contributed by atoms with Crippen molar-refractivity contribution in [1.82, 2.24) is 5.32 Å². The Kier molecular flexibility index (Phi) is 5.75. The number of carbonyl (C=O) groups is 1. The van der Waals surface area contributed by atoms with Gasteiger partial charge in [0.05, 0.1) is 0 Å². The van der Waals surface area contributed by atoms with Gasteiger partial charge in [-0.15, -0.1) is 0 Å². The molecule has 0 aliphatic rings. The van der Waals surface area contributed by atoms with Gasteiger partial charge in [0.25, 0.3) is 5.91 Å². The average Bonchev–Trinajstić information content (AvgIpc) is 2.32. The molecule has 0 aliphatic carbocycles. The van der Waals surface area contributed by atoms with Crippen LogP contribution in [0.4, 0.5) is 3.89 Å². The average molecular weight is 289 g/mol. The molecule has 7 heteroatoms. The summed E-state index contributed by atoms with van der Waals surface area (Å²) in [6.45, 7) is 2.60. The van der Waals surface area contributed by atoms with Crippen LogP contribution in [0.3, 0.4) is 0 Å². The van der Waals surface area contributed by atoms with E-state index in [0.717, 1.165) is 19.3 Å². The van der Waals surface area contributed by atoms with Crippen LogP contribution in [0, 0.1) is 0 Å². The molecule has 0 atom stereocenters. The monoisotopic (exact) mass is 289 g/mol. The fraction of sp³-hybridized carbons (Fsp3) is 0.417. The number of benzene rings is 1. The Morgan fingerprint density at radius 3 is 2.74 bits per heavy atom. The van der Waals surface area contributed by atoms with Gasteiger partial charge >= 0.3 is 10.5 Å². The van der Waals surface area contributed by atoms with Crippen LogP contribution in [0.15, 0.2) is 24.3 Å². The molecular formula is C12H16FNO4S. The van der Waals surface area contributed by atoms with E-state index in [-0.39, 0.29) is 17.2 Å². The smallest absolute Gasteiger partial charge is 0.358 e. The number of amides is 1. The summed E-state index contributed by atoms with van der Waals surface area (Å²) in [6.07, 6.45) is 2.94. The fourth-order valence-electron chi connectivity index (χ4n) is 1.48. The van der Waals surface area contributed by atoms with Crippen molar-refractivity contribution in [2.75, 3.05) is 6.54 Å². The molecule has 0 aromatic heterocycles. The lowest BCUT2D eigenvalue weighted by atomic mass is 10.2.